The molecule has 0 aromatic heterocycles. The van der Waals surface area contributed by atoms with E-state index in [4.69, 9.17) is 21.6 Å². The summed E-state index contributed by atoms with van der Waals surface area (Å²) in [7, 11) is 0. The van der Waals surface area contributed by atoms with Gasteiger partial charge in [-0.15, -0.1) is 0 Å². The number of nitrogens with zero attached hydrogens (tertiary/aromatic N) is 1. The van der Waals surface area contributed by atoms with Crippen LogP contribution in [0.4, 0.5) is 0 Å². The molecule has 2 N–H and O–H groups in total. The van der Waals surface area contributed by atoms with E-state index in [-0.39, 0.29) is 11.5 Å². The Morgan fingerprint density at radius 1 is 1.29 bits per heavy atom. The van der Waals surface area contributed by atoms with Gasteiger partial charge in [0, 0.05) is 37.5 Å². The van der Waals surface area contributed by atoms with E-state index in [0.29, 0.717) is 24.7 Å². The van der Waals surface area contributed by atoms with E-state index >= 15 is 0 Å². The van der Waals surface area contributed by atoms with Crippen LogP contribution >= 0.6 is 11.6 Å². The molecule has 0 spiro atoms. The first-order valence-electron chi connectivity index (χ1n) is 8.11. The molecule has 1 amide bonds. The van der Waals surface area contributed by atoms with Gasteiger partial charge in [0.05, 0.1) is 0 Å². The van der Waals surface area contributed by atoms with E-state index in [1.807, 2.05) is 18.2 Å². The molecule has 6 heteroatoms. The van der Waals surface area contributed by atoms with E-state index in [0.717, 1.165) is 31.4 Å². The van der Waals surface area contributed by atoms with E-state index in [1.165, 1.54) is 6.20 Å². The van der Waals surface area contributed by atoms with Crippen LogP contribution in [0.3, 0.4) is 0 Å². The zero-order valence-corrected chi connectivity index (χ0v) is 14.7. The quantitative estimate of drug-likeness (QED) is 0.365. The van der Waals surface area contributed by atoms with Gasteiger partial charge >= 0.3 is 0 Å². The number of rotatable bonds is 11. The largest absolute Gasteiger partial charge is 0.386 e. The van der Waals surface area contributed by atoms with Gasteiger partial charge < -0.3 is 15.4 Å². The Labute approximate surface area is 148 Å². The van der Waals surface area contributed by atoms with Crippen LogP contribution in [0.2, 0.25) is 5.02 Å². The summed E-state index contributed by atoms with van der Waals surface area (Å²) in [5.41, 5.74) is 1.06. The van der Waals surface area contributed by atoms with Crippen molar-refractivity contribution < 1.29 is 9.53 Å². The maximum absolute atomic E-state index is 11.9. The molecule has 0 unspecified atom stereocenters. The molecule has 0 bridgehead atoms. The third-order valence-corrected chi connectivity index (χ3v) is 3.48. The van der Waals surface area contributed by atoms with Gasteiger partial charge in [0.25, 0.3) is 5.91 Å². The smallest absolute Gasteiger partial charge is 0.263 e. The number of hydrogen-bond acceptors (Lipinski definition) is 4. The van der Waals surface area contributed by atoms with Gasteiger partial charge in [-0.05, 0) is 30.5 Å². The first-order valence-corrected chi connectivity index (χ1v) is 8.49. The fourth-order valence-electron chi connectivity index (χ4n) is 1.84. The highest BCUT2D eigenvalue weighted by atomic mass is 35.5. The van der Waals surface area contributed by atoms with Crippen molar-refractivity contribution in [2.45, 2.75) is 32.7 Å². The van der Waals surface area contributed by atoms with Crippen molar-refractivity contribution in [3.8, 4) is 6.07 Å². The molecule has 0 aliphatic heterocycles. The van der Waals surface area contributed by atoms with E-state index < -0.39 is 0 Å². The SMILES string of the molecule is CCCCOCCCNC(=O)/C(C#N)=C\NCc1ccc(Cl)cc1. The Morgan fingerprint density at radius 3 is 2.67 bits per heavy atom. The second kappa shape index (κ2) is 12.4. The van der Waals surface area contributed by atoms with E-state index in [1.54, 1.807) is 12.1 Å². The highest BCUT2D eigenvalue weighted by Gasteiger charge is 2.07. The minimum atomic E-state index is -0.380. The first-order chi connectivity index (χ1) is 11.7. The predicted molar refractivity (Wildman–Crippen MR) is 95.3 cm³/mol. The summed E-state index contributed by atoms with van der Waals surface area (Å²) >= 11 is 5.82. The Kier molecular flexibility index (Phi) is 10.3. The lowest BCUT2D eigenvalue weighted by Gasteiger charge is -2.06. The Hall–Kier alpha value is -2.03. The summed E-state index contributed by atoms with van der Waals surface area (Å²) in [6, 6.07) is 9.25. The number of nitrogens with one attached hydrogen (secondary N) is 2. The van der Waals surface area contributed by atoms with Gasteiger partial charge in [-0.2, -0.15) is 5.26 Å². The molecule has 0 heterocycles. The molecular formula is C18H24ClN3O2. The molecule has 1 aromatic rings. The Bertz CT molecular complexity index is 565. The van der Waals surface area contributed by atoms with Gasteiger partial charge in [-0.3, -0.25) is 4.79 Å². The number of ether oxygens (including phenoxy) is 1. The summed E-state index contributed by atoms with van der Waals surface area (Å²) in [6.45, 7) is 4.48. The van der Waals surface area contributed by atoms with Crippen LogP contribution in [-0.4, -0.2) is 25.7 Å². The van der Waals surface area contributed by atoms with Crippen molar-refractivity contribution in [2.75, 3.05) is 19.8 Å². The minimum absolute atomic E-state index is 0.0517. The molecule has 0 fully saturated rings. The Balaban J connectivity index is 2.27. The zero-order chi connectivity index (χ0) is 17.6. The average Bonchev–Trinajstić information content (AvgIpc) is 2.59. The molecule has 130 valence electrons. The molecule has 0 saturated heterocycles. The number of unbranched alkanes of at least 4 members (excludes halogenated alkanes) is 1. The number of halogens is 1. The van der Waals surface area contributed by atoms with Crippen LogP contribution < -0.4 is 10.6 Å². The number of nitriles is 1. The number of amides is 1. The third kappa shape index (κ3) is 8.56. The van der Waals surface area contributed by atoms with Gasteiger partial charge in [0.2, 0.25) is 0 Å². The molecule has 1 rings (SSSR count). The Morgan fingerprint density at radius 2 is 2.00 bits per heavy atom. The van der Waals surface area contributed by atoms with Gasteiger partial charge in [-0.25, -0.2) is 0 Å². The predicted octanol–water partition coefficient (Wildman–Crippen LogP) is 3.16. The van der Waals surface area contributed by atoms with Crippen molar-refractivity contribution in [1.82, 2.24) is 10.6 Å². The molecule has 0 aliphatic rings. The average molecular weight is 350 g/mol. The van der Waals surface area contributed by atoms with E-state index in [9.17, 15) is 4.79 Å². The van der Waals surface area contributed by atoms with Crippen LogP contribution in [0.25, 0.3) is 0 Å². The summed E-state index contributed by atoms with van der Waals surface area (Å²) < 4.78 is 5.41. The summed E-state index contributed by atoms with van der Waals surface area (Å²) in [5.74, 6) is -0.380. The normalized spacial score (nSPS) is 11.0. The molecule has 0 atom stereocenters. The fourth-order valence-corrected chi connectivity index (χ4v) is 1.97. The second-order valence-electron chi connectivity index (χ2n) is 5.25. The monoisotopic (exact) mass is 349 g/mol. The number of hydrogen-bond donors (Lipinski definition) is 2. The molecular weight excluding hydrogens is 326 g/mol. The second-order valence-corrected chi connectivity index (χ2v) is 5.69. The van der Waals surface area contributed by atoms with Crippen LogP contribution in [0.15, 0.2) is 36.0 Å². The maximum Gasteiger partial charge on any atom is 0.263 e. The lowest BCUT2D eigenvalue weighted by atomic mass is 10.2. The molecule has 0 radical (unpaired) electrons. The van der Waals surface area contributed by atoms with Crippen molar-refractivity contribution >= 4 is 17.5 Å². The zero-order valence-electron chi connectivity index (χ0n) is 14.0. The summed E-state index contributed by atoms with van der Waals surface area (Å²) in [4.78, 5) is 11.9. The van der Waals surface area contributed by atoms with Crippen molar-refractivity contribution in [3.05, 3.63) is 46.6 Å². The fraction of sp³-hybridized carbons (Fsp3) is 0.444. The summed E-state index contributed by atoms with van der Waals surface area (Å²) in [6.07, 6.45) is 4.32. The molecule has 5 nitrogen and oxygen atoms in total. The number of carbonyl (C=O) groups excluding carboxylic acids is 1. The highest BCUT2D eigenvalue weighted by Crippen LogP contribution is 2.09. The minimum Gasteiger partial charge on any atom is -0.386 e. The lowest BCUT2D eigenvalue weighted by molar-refractivity contribution is -0.117. The first kappa shape index (κ1) is 20.0. The standard InChI is InChI=1S/C18H24ClN3O2/c1-2-3-10-24-11-4-9-22-18(23)16(12-20)14-21-13-15-5-7-17(19)8-6-15/h5-8,14,21H,2-4,9-11,13H2,1H3,(H,22,23)/b16-14-. The molecule has 0 saturated carbocycles. The maximum atomic E-state index is 11.9. The van der Waals surface area contributed by atoms with Gasteiger partial charge in [0.1, 0.15) is 11.6 Å². The molecule has 1 aromatic carbocycles. The van der Waals surface area contributed by atoms with Crippen molar-refractivity contribution in [2.24, 2.45) is 0 Å². The van der Waals surface area contributed by atoms with Gasteiger partial charge in [-0.1, -0.05) is 37.1 Å². The number of carbonyl (C=O) groups is 1. The third-order valence-electron chi connectivity index (χ3n) is 3.22. The molecule has 0 aliphatic carbocycles. The van der Waals surface area contributed by atoms with E-state index in [2.05, 4.69) is 17.6 Å². The van der Waals surface area contributed by atoms with Crippen LogP contribution in [-0.2, 0) is 16.1 Å². The highest BCUT2D eigenvalue weighted by molar-refractivity contribution is 6.30. The van der Waals surface area contributed by atoms with Crippen LogP contribution in [0.5, 0.6) is 0 Å². The van der Waals surface area contributed by atoms with Gasteiger partial charge in [0.15, 0.2) is 0 Å². The topological polar surface area (TPSA) is 74.1 Å². The van der Waals surface area contributed by atoms with Crippen LogP contribution in [0.1, 0.15) is 31.7 Å². The number of benzene rings is 1. The summed E-state index contributed by atoms with van der Waals surface area (Å²) in [5, 5.41) is 15.4. The van der Waals surface area contributed by atoms with Crippen molar-refractivity contribution in [1.29, 1.82) is 5.26 Å². The van der Waals surface area contributed by atoms with Crippen molar-refractivity contribution in [3.63, 3.8) is 0 Å². The lowest BCUT2D eigenvalue weighted by Crippen LogP contribution is -2.27. The van der Waals surface area contributed by atoms with Crippen LogP contribution in [0, 0.1) is 11.3 Å². The molecule has 24 heavy (non-hydrogen) atoms.